The van der Waals surface area contributed by atoms with Gasteiger partial charge in [0.1, 0.15) is 17.9 Å². The lowest BCUT2D eigenvalue weighted by Crippen LogP contribution is -2.39. The summed E-state index contributed by atoms with van der Waals surface area (Å²) in [5, 5.41) is 14.6. The third kappa shape index (κ3) is 7.58. The van der Waals surface area contributed by atoms with Crippen molar-refractivity contribution in [2.24, 2.45) is 4.99 Å². The van der Waals surface area contributed by atoms with Crippen LogP contribution in [0.5, 0.6) is 5.75 Å². The molecule has 0 amide bonds. The Bertz CT molecular complexity index is 716. The molecular weight excluding hydrogens is 455 g/mol. The van der Waals surface area contributed by atoms with E-state index in [9.17, 15) is 0 Å². The number of benzene rings is 1. The Kier molecular flexibility index (Phi) is 11.2. The van der Waals surface area contributed by atoms with Crippen molar-refractivity contribution in [3.63, 3.8) is 0 Å². The van der Waals surface area contributed by atoms with Crippen LogP contribution >= 0.6 is 24.0 Å². The normalized spacial score (nSPS) is 10.8. The first-order valence-corrected chi connectivity index (χ1v) is 8.90. The predicted octanol–water partition coefficient (Wildman–Crippen LogP) is 2.43. The number of methoxy groups -OCH3 is 1. The Morgan fingerprint density at radius 2 is 2.15 bits per heavy atom. The molecular formula is C19H29IN6O. The highest BCUT2D eigenvalue weighted by atomic mass is 127. The SMILES string of the molecule is C=CCNC(=NCCc1ccccc1OC)NCCn1cnnc1CC.I. The van der Waals surface area contributed by atoms with Gasteiger partial charge in [-0.3, -0.25) is 4.99 Å². The predicted molar refractivity (Wildman–Crippen MR) is 120 cm³/mol. The molecule has 0 aliphatic rings. The van der Waals surface area contributed by atoms with Crippen LogP contribution in [0.2, 0.25) is 0 Å². The van der Waals surface area contributed by atoms with Crippen molar-refractivity contribution in [3.05, 3.63) is 54.6 Å². The average molecular weight is 484 g/mol. The third-order valence-corrected chi connectivity index (χ3v) is 3.91. The van der Waals surface area contributed by atoms with Crippen LogP contribution in [-0.2, 0) is 19.4 Å². The van der Waals surface area contributed by atoms with Gasteiger partial charge < -0.3 is 19.9 Å². The van der Waals surface area contributed by atoms with Crippen molar-refractivity contribution in [1.82, 2.24) is 25.4 Å². The van der Waals surface area contributed by atoms with Crippen LogP contribution in [-0.4, -0.2) is 47.5 Å². The van der Waals surface area contributed by atoms with Crippen LogP contribution in [0.3, 0.4) is 0 Å². The number of para-hydroxylation sites is 1. The maximum Gasteiger partial charge on any atom is 0.191 e. The highest BCUT2D eigenvalue weighted by molar-refractivity contribution is 14.0. The number of nitrogens with zero attached hydrogens (tertiary/aromatic N) is 4. The number of hydrogen-bond acceptors (Lipinski definition) is 4. The molecule has 0 saturated heterocycles. The lowest BCUT2D eigenvalue weighted by Gasteiger charge is -2.13. The maximum absolute atomic E-state index is 5.39. The van der Waals surface area contributed by atoms with Crippen molar-refractivity contribution < 1.29 is 4.74 Å². The highest BCUT2D eigenvalue weighted by Crippen LogP contribution is 2.17. The second kappa shape index (κ2) is 13.1. The fourth-order valence-electron chi connectivity index (χ4n) is 2.58. The van der Waals surface area contributed by atoms with E-state index in [2.05, 4.69) is 45.4 Å². The number of guanidine groups is 1. The van der Waals surface area contributed by atoms with Crippen LogP contribution in [0, 0.1) is 0 Å². The Hall–Kier alpha value is -2.10. The fraction of sp³-hybridized carbons (Fsp3) is 0.421. The summed E-state index contributed by atoms with van der Waals surface area (Å²) < 4.78 is 7.44. The van der Waals surface area contributed by atoms with E-state index >= 15 is 0 Å². The van der Waals surface area contributed by atoms with Crippen LogP contribution in [0.4, 0.5) is 0 Å². The van der Waals surface area contributed by atoms with E-state index in [0.717, 1.165) is 49.0 Å². The van der Waals surface area contributed by atoms with E-state index in [1.807, 2.05) is 28.8 Å². The monoisotopic (exact) mass is 484 g/mol. The van der Waals surface area contributed by atoms with Gasteiger partial charge in [-0.25, -0.2) is 0 Å². The van der Waals surface area contributed by atoms with Gasteiger partial charge in [-0.2, -0.15) is 0 Å². The minimum absolute atomic E-state index is 0. The number of aromatic nitrogens is 3. The molecule has 0 saturated carbocycles. The lowest BCUT2D eigenvalue weighted by atomic mass is 10.1. The summed E-state index contributed by atoms with van der Waals surface area (Å²) >= 11 is 0. The van der Waals surface area contributed by atoms with Gasteiger partial charge in [0.05, 0.1) is 7.11 Å². The number of aryl methyl sites for hydroxylation is 1. The molecule has 0 aliphatic heterocycles. The van der Waals surface area contributed by atoms with Crippen molar-refractivity contribution in [3.8, 4) is 5.75 Å². The number of nitrogens with one attached hydrogen (secondary N) is 2. The van der Waals surface area contributed by atoms with Crippen molar-refractivity contribution in [1.29, 1.82) is 0 Å². The summed E-state index contributed by atoms with van der Waals surface area (Å²) in [7, 11) is 1.69. The van der Waals surface area contributed by atoms with Crippen molar-refractivity contribution >= 4 is 29.9 Å². The molecule has 0 aliphatic carbocycles. The molecule has 2 aromatic rings. The van der Waals surface area contributed by atoms with Gasteiger partial charge in [-0.15, -0.1) is 40.8 Å². The van der Waals surface area contributed by atoms with Gasteiger partial charge in [0, 0.05) is 32.6 Å². The topological polar surface area (TPSA) is 76.4 Å². The van der Waals surface area contributed by atoms with E-state index in [0.29, 0.717) is 13.1 Å². The number of rotatable bonds is 10. The third-order valence-electron chi connectivity index (χ3n) is 3.91. The fourth-order valence-corrected chi connectivity index (χ4v) is 2.58. The number of ether oxygens (including phenoxy) is 1. The Labute approximate surface area is 178 Å². The second-order valence-electron chi connectivity index (χ2n) is 5.68. The summed E-state index contributed by atoms with van der Waals surface area (Å²) in [5.41, 5.74) is 1.15. The molecule has 1 aromatic heterocycles. The summed E-state index contributed by atoms with van der Waals surface area (Å²) in [6.45, 7) is 8.67. The van der Waals surface area contributed by atoms with Crippen LogP contribution in [0.1, 0.15) is 18.3 Å². The molecule has 0 atom stereocenters. The zero-order valence-corrected chi connectivity index (χ0v) is 18.3. The zero-order valence-electron chi connectivity index (χ0n) is 16.0. The smallest absolute Gasteiger partial charge is 0.191 e. The molecule has 2 N–H and O–H groups in total. The van der Waals surface area contributed by atoms with Gasteiger partial charge in [-0.1, -0.05) is 31.2 Å². The first-order chi connectivity index (χ1) is 12.8. The van der Waals surface area contributed by atoms with E-state index < -0.39 is 0 Å². The van der Waals surface area contributed by atoms with E-state index in [1.165, 1.54) is 0 Å². The summed E-state index contributed by atoms with van der Waals surface area (Å²) in [5.74, 6) is 2.65. The minimum Gasteiger partial charge on any atom is -0.496 e. The number of hydrogen-bond donors (Lipinski definition) is 2. The standard InChI is InChI=1S/C19H28N6O.HI/c1-4-11-20-19(22-13-14-25-15-23-24-18(25)5-2)21-12-10-16-8-6-7-9-17(16)26-3;/h4,6-9,15H,1,5,10-14H2,2-3H3,(H2,20,21,22);1H. The van der Waals surface area contributed by atoms with E-state index in [1.54, 1.807) is 13.4 Å². The lowest BCUT2D eigenvalue weighted by molar-refractivity contribution is 0.410. The first kappa shape index (κ1) is 22.9. The molecule has 7 nitrogen and oxygen atoms in total. The average Bonchev–Trinajstić information content (AvgIpc) is 3.13. The Balaban J connectivity index is 0.00000364. The zero-order chi connectivity index (χ0) is 18.6. The van der Waals surface area contributed by atoms with Gasteiger partial charge in [-0.05, 0) is 18.1 Å². The van der Waals surface area contributed by atoms with Gasteiger partial charge >= 0.3 is 0 Å². The molecule has 148 valence electrons. The Morgan fingerprint density at radius 3 is 2.89 bits per heavy atom. The number of halogens is 1. The van der Waals surface area contributed by atoms with Gasteiger partial charge in [0.15, 0.2) is 5.96 Å². The van der Waals surface area contributed by atoms with Crippen LogP contribution in [0.15, 0.2) is 48.2 Å². The molecule has 0 radical (unpaired) electrons. The first-order valence-electron chi connectivity index (χ1n) is 8.90. The summed E-state index contributed by atoms with van der Waals surface area (Å²) in [6, 6.07) is 8.02. The maximum atomic E-state index is 5.39. The van der Waals surface area contributed by atoms with Crippen LogP contribution in [0.25, 0.3) is 0 Å². The van der Waals surface area contributed by atoms with Crippen molar-refractivity contribution in [2.75, 3.05) is 26.7 Å². The molecule has 8 heteroatoms. The quantitative estimate of drug-likeness (QED) is 0.235. The minimum atomic E-state index is 0. The highest BCUT2D eigenvalue weighted by Gasteiger charge is 2.04. The number of aliphatic imine (C=N–C) groups is 1. The Morgan fingerprint density at radius 1 is 1.33 bits per heavy atom. The molecule has 0 spiro atoms. The molecule has 1 heterocycles. The van der Waals surface area contributed by atoms with E-state index in [-0.39, 0.29) is 24.0 Å². The summed E-state index contributed by atoms with van der Waals surface area (Å²) in [6.07, 6.45) is 5.26. The summed E-state index contributed by atoms with van der Waals surface area (Å²) in [4.78, 5) is 4.64. The van der Waals surface area contributed by atoms with Crippen molar-refractivity contribution in [2.45, 2.75) is 26.3 Å². The molecule has 0 unspecified atom stereocenters. The second-order valence-corrected chi connectivity index (χ2v) is 5.68. The molecule has 0 bridgehead atoms. The van der Waals surface area contributed by atoms with Gasteiger partial charge in [0.2, 0.25) is 0 Å². The largest absolute Gasteiger partial charge is 0.496 e. The molecule has 0 fully saturated rings. The van der Waals surface area contributed by atoms with Gasteiger partial charge in [0.25, 0.3) is 0 Å². The molecule has 27 heavy (non-hydrogen) atoms. The van der Waals surface area contributed by atoms with Crippen LogP contribution < -0.4 is 15.4 Å². The molecule has 2 rings (SSSR count). The van der Waals surface area contributed by atoms with E-state index in [4.69, 9.17) is 4.74 Å². The molecule has 1 aromatic carbocycles.